The van der Waals surface area contributed by atoms with E-state index in [0.717, 1.165) is 12.1 Å². The molecule has 2 unspecified atom stereocenters. The van der Waals surface area contributed by atoms with Crippen LogP contribution in [0.3, 0.4) is 0 Å². The molecule has 1 nitrogen and oxygen atoms in total. The zero-order valence-electron chi connectivity index (χ0n) is 3.85. The Kier molecular flexibility index (Phi) is 0.396. The van der Waals surface area contributed by atoms with Gasteiger partial charge >= 0.3 is 0 Å². The summed E-state index contributed by atoms with van der Waals surface area (Å²) < 4.78 is 0. The molecule has 0 bridgehead atoms. The summed E-state index contributed by atoms with van der Waals surface area (Å²) in [5.41, 5.74) is 0. The molecule has 1 heterocycles. The SMILES string of the molecule is C1CC2[NH2+]C2C1. The highest BCUT2D eigenvalue weighted by molar-refractivity contribution is 4.83. The first-order valence-electron chi connectivity index (χ1n) is 2.82. The van der Waals surface area contributed by atoms with Gasteiger partial charge < -0.3 is 5.32 Å². The third-order valence-electron chi connectivity index (χ3n) is 1.98. The molecule has 0 aromatic carbocycles. The van der Waals surface area contributed by atoms with E-state index in [9.17, 15) is 0 Å². The Morgan fingerprint density at radius 3 is 2.00 bits per heavy atom. The van der Waals surface area contributed by atoms with Gasteiger partial charge in [-0.15, -0.1) is 0 Å². The smallest absolute Gasteiger partial charge is 0.139 e. The highest BCUT2D eigenvalue weighted by Gasteiger charge is 2.46. The predicted octanol–water partition coefficient (Wildman–Crippen LogP) is -0.516. The normalized spacial score (nSPS) is 52.0. The summed E-state index contributed by atoms with van der Waals surface area (Å²) in [7, 11) is 0. The second kappa shape index (κ2) is 0.784. The lowest BCUT2D eigenvalue weighted by molar-refractivity contribution is -0.522. The van der Waals surface area contributed by atoms with Gasteiger partial charge in [-0.25, -0.2) is 0 Å². The van der Waals surface area contributed by atoms with Crippen molar-refractivity contribution in [1.29, 1.82) is 0 Å². The zero-order valence-corrected chi connectivity index (χ0v) is 3.85. The van der Waals surface area contributed by atoms with Crippen molar-refractivity contribution in [2.24, 2.45) is 0 Å². The van der Waals surface area contributed by atoms with Crippen molar-refractivity contribution in [2.75, 3.05) is 0 Å². The zero-order chi connectivity index (χ0) is 3.98. The Bertz CT molecular complexity index is 62.3. The van der Waals surface area contributed by atoms with E-state index in [0.29, 0.717) is 0 Å². The fourth-order valence-electron chi connectivity index (χ4n) is 1.46. The minimum absolute atomic E-state index is 1.09. The van der Waals surface area contributed by atoms with Crippen LogP contribution in [-0.2, 0) is 0 Å². The Morgan fingerprint density at radius 2 is 1.83 bits per heavy atom. The van der Waals surface area contributed by atoms with E-state index in [4.69, 9.17) is 0 Å². The molecule has 0 radical (unpaired) electrons. The van der Waals surface area contributed by atoms with Crippen molar-refractivity contribution in [1.82, 2.24) is 0 Å². The topological polar surface area (TPSA) is 16.6 Å². The highest BCUT2D eigenvalue weighted by Crippen LogP contribution is 2.20. The molecular formula is C5H10N+. The summed E-state index contributed by atoms with van der Waals surface area (Å²) in [4.78, 5) is 0. The summed E-state index contributed by atoms with van der Waals surface area (Å²) in [6.07, 6.45) is 4.52. The number of hydrogen-bond donors (Lipinski definition) is 1. The molecule has 2 atom stereocenters. The number of quaternary nitrogens is 1. The van der Waals surface area contributed by atoms with E-state index >= 15 is 0 Å². The third-order valence-corrected chi connectivity index (χ3v) is 1.98. The Morgan fingerprint density at radius 1 is 1.17 bits per heavy atom. The first-order valence-corrected chi connectivity index (χ1v) is 2.82. The summed E-state index contributed by atoms with van der Waals surface area (Å²) in [5, 5.41) is 2.48. The minimum atomic E-state index is 1.09. The second-order valence-corrected chi connectivity index (χ2v) is 2.45. The van der Waals surface area contributed by atoms with Crippen molar-refractivity contribution in [3.63, 3.8) is 0 Å². The lowest BCUT2D eigenvalue weighted by atomic mass is 10.3. The van der Waals surface area contributed by atoms with Gasteiger partial charge in [-0.1, -0.05) is 0 Å². The molecule has 1 aliphatic heterocycles. The molecule has 2 rings (SSSR count). The molecule has 0 spiro atoms. The molecular weight excluding hydrogens is 74.1 g/mol. The molecule has 6 heavy (non-hydrogen) atoms. The van der Waals surface area contributed by atoms with Crippen LogP contribution in [0.25, 0.3) is 0 Å². The number of piperidine rings is 1. The third kappa shape index (κ3) is 0.243. The van der Waals surface area contributed by atoms with Gasteiger partial charge in [0.1, 0.15) is 12.1 Å². The predicted molar refractivity (Wildman–Crippen MR) is 23.4 cm³/mol. The molecule has 0 aromatic heterocycles. The maximum absolute atomic E-state index is 2.48. The lowest BCUT2D eigenvalue weighted by Gasteiger charge is -1.79. The molecule has 1 saturated heterocycles. The summed E-state index contributed by atoms with van der Waals surface area (Å²) in [6.45, 7) is 0. The Balaban J connectivity index is 2.09. The Hall–Kier alpha value is -0.0400. The monoisotopic (exact) mass is 84.1 g/mol. The van der Waals surface area contributed by atoms with Gasteiger partial charge in [0.2, 0.25) is 0 Å². The molecule has 1 saturated carbocycles. The summed E-state index contributed by atoms with van der Waals surface area (Å²) >= 11 is 0. The van der Waals surface area contributed by atoms with Crippen molar-refractivity contribution in [2.45, 2.75) is 31.3 Å². The quantitative estimate of drug-likeness (QED) is 0.380. The van der Waals surface area contributed by atoms with E-state index in [-0.39, 0.29) is 0 Å². The van der Waals surface area contributed by atoms with E-state index in [2.05, 4.69) is 5.32 Å². The number of fused-ring (bicyclic) bond motifs is 1. The molecule has 2 fully saturated rings. The van der Waals surface area contributed by atoms with Gasteiger partial charge in [0.15, 0.2) is 0 Å². The highest BCUT2D eigenvalue weighted by atomic mass is 15.2. The fraction of sp³-hybridized carbons (Fsp3) is 1.00. The van der Waals surface area contributed by atoms with Gasteiger partial charge in [0.05, 0.1) is 0 Å². The van der Waals surface area contributed by atoms with E-state index < -0.39 is 0 Å². The average Bonchev–Trinajstić information content (AvgIpc) is 2.17. The van der Waals surface area contributed by atoms with E-state index in [1.165, 1.54) is 19.3 Å². The van der Waals surface area contributed by atoms with Crippen LogP contribution < -0.4 is 5.32 Å². The van der Waals surface area contributed by atoms with Crippen LogP contribution in [0.1, 0.15) is 19.3 Å². The van der Waals surface area contributed by atoms with Crippen LogP contribution >= 0.6 is 0 Å². The van der Waals surface area contributed by atoms with Gasteiger partial charge in [-0.05, 0) is 6.42 Å². The molecule has 0 amide bonds. The van der Waals surface area contributed by atoms with Crippen LogP contribution in [0.15, 0.2) is 0 Å². The standard InChI is InChI=1S/C5H9N/c1-2-4-5(3-1)6-4/h4-6H,1-3H2/p+1. The average molecular weight is 84.1 g/mol. The molecule has 2 N–H and O–H groups in total. The van der Waals surface area contributed by atoms with E-state index in [1.807, 2.05) is 0 Å². The summed E-state index contributed by atoms with van der Waals surface area (Å²) in [5.74, 6) is 0. The first kappa shape index (κ1) is 3.03. The van der Waals surface area contributed by atoms with Gasteiger partial charge in [-0.3, -0.25) is 0 Å². The van der Waals surface area contributed by atoms with Crippen molar-refractivity contribution < 1.29 is 5.32 Å². The Labute approximate surface area is 37.7 Å². The number of hydrogen-bond acceptors (Lipinski definition) is 0. The fourth-order valence-corrected chi connectivity index (χ4v) is 1.46. The number of nitrogens with two attached hydrogens (primary N) is 1. The van der Waals surface area contributed by atoms with Gasteiger partial charge in [0, 0.05) is 12.8 Å². The molecule has 1 aliphatic carbocycles. The minimum Gasteiger partial charge on any atom is -0.332 e. The molecule has 2 aliphatic rings. The van der Waals surface area contributed by atoms with Gasteiger partial charge in [0.25, 0.3) is 0 Å². The van der Waals surface area contributed by atoms with Crippen LogP contribution in [0.4, 0.5) is 0 Å². The first-order chi connectivity index (χ1) is 2.97. The molecule has 0 aromatic rings. The van der Waals surface area contributed by atoms with E-state index in [1.54, 1.807) is 0 Å². The van der Waals surface area contributed by atoms with Crippen molar-refractivity contribution in [3.8, 4) is 0 Å². The largest absolute Gasteiger partial charge is 0.332 e. The van der Waals surface area contributed by atoms with Crippen molar-refractivity contribution >= 4 is 0 Å². The van der Waals surface area contributed by atoms with Crippen LogP contribution in [0.5, 0.6) is 0 Å². The van der Waals surface area contributed by atoms with Crippen LogP contribution in [-0.4, -0.2) is 12.1 Å². The maximum atomic E-state index is 2.48. The van der Waals surface area contributed by atoms with Gasteiger partial charge in [-0.2, -0.15) is 0 Å². The van der Waals surface area contributed by atoms with Crippen LogP contribution in [0, 0.1) is 0 Å². The summed E-state index contributed by atoms with van der Waals surface area (Å²) in [6, 6.07) is 2.18. The second-order valence-electron chi connectivity index (χ2n) is 2.45. The molecule has 34 valence electrons. The molecule has 1 heteroatoms. The van der Waals surface area contributed by atoms with Crippen LogP contribution in [0.2, 0.25) is 0 Å². The number of rotatable bonds is 0. The van der Waals surface area contributed by atoms with Crippen molar-refractivity contribution in [3.05, 3.63) is 0 Å². The lowest BCUT2D eigenvalue weighted by Crippen LogP contribution is -2.63. The maximum Gasteiger partial charge on any atom is 0.139 e.